The summed E-state index contributed by atoms with van der Waals surface area (Å²) >= 11 is 0. The summed E-state index contributed by atoms with van der Waals surface area (Å²) in [4.78, 5) is 26.6. The van der Waals surface area contributed by atoms with Crippen LogP contribution in [0.2, 0.25) is 0 Å². The van der Waals surface area contributed by atoms with Gasteiger partial charge in [-0.2, -0.15) is 5.26 Å². The molecule has 1 saturated heterocycles. The van der Waals surface area contributed by atoms with Gasteiger partial charge in [-0.3, -0.25) is 9.69 Å². The number of carbonyl (C=O) groups is 2. The Balaban J connectivity index is 2.41. The van der Waals surface area contributed by atoms with Gasteiger partial charge in [0.1, 0.15) is 0 Å². The van der Waals surface area contributed by atoms with E-state index < -0.39 is 12.1 Å². The molecule has 1 unspecified atom stereocenters. The van der Waals surface area contributed by atoms with Crippen molar-refractivity contribution in [1.29, 1.82) is 5.26 Å². The van der Waals surface area contributed by atoms with E-state index in [4.69, 9.17) is 10.00 Å². The van der Waals surface area contributed by atoms with Crippen LogP contribution in [0.1, 0.15) is 6.42 Å². The number of rotatable bonds is 5. The summed E-state index contributed by atoms with van der Waals surface area (Å²) in [6.45, 7) is 1.99. The number of methoxy groups -OCH3 is 1. The number of nitriles is 1. The molecule has 7 nitrogen and oxygen atoms in total. The molecule has 19 heavy (non-hydrogen) atoms. The Kier molecular flexibility index (Phi) is 6.25. The summed E-state index contributed by atoms with van der Waals surface area (Å²) in [5.74, 6) is -0.490. The second-order valence-corrected chi connectivity index (χ2v) is 4.34. The number of morpholine rings is 1. The normalized spacial score (nSPS) is 19.5. The summed E-state index contributed by atoms with van der Waals surface area (Å²) in [7, 11) is 2.98. The predicted octanol–water partition coefficient (Wildman–Crippen LogP) is -0.768. The molecule has 7 heteroatoms. The highest BCUT2D eigenvalue weighted by Crippen LogP contribution is 2.07. The maximum Gasteiger partial charge on any atom is 0.336 e. The Bertz CT molecular complexity index is 366. The van der Waals surface area contributed by atoms with E-state index in [1.54, 1.807) is 7.05 Å². The standard InChI is InChI=1S/C12H19N3O4/c1-14(5-3-4-13)11(16)9-15-6-7-19-10(8-15)12(17)18-2/h10H,3,5-9H2,1-2H3. The Morgan fingerprint density at radius 2 is 2.32 bits per heavy atom. The van der Waals surface area contributed by atoms with E-state index in [2.05, 4.69) is 4.74 Å². The van der Waals surface area contributed by atoms with Crippen molar-refractivity contribution in [2.24, 2.45) is 0 Å². The zero-order valence-corrected chi connectivity index (χ0v) is 11.3. The minimum absolute atomic E-state index is 0.0687. The average molecular weight is 269 g/mol. The number of likely N-dealkylation sites (N-methyl/N-ethyl adjacent to an activating group) is 1. The van der Waals surface area contributed by atoms with Crippen LogP contribution in [0.5, 0.6) is 0 Å². The highest BCUT2D eigenvalue weighted by molar-refractivity contribution is 5.78. The van der Waals surface area contributed by atoms with Crippen LogP contribution in [0, 0.1) is 11.3 Å². The number of amides is 1. The largest absolute Gasteiger partial charge is 0.467 e. The predicted molar refractivity (Wildman–Crippen MR) is 66.1 cm³/mol. The van der Waals surface area contributed by atoms with Gasteiger partial charge < -0.3 is 14.4 Å². The van der Waals surface area contributed by atoms with E-state index in [0.717, 1.165) is 0 Å². The lowest BCUT2D eigenvalue weighted by molar-refractivity contribution is -0.160. The maximum atomic E-state index is 11.9. The van der Waals surface area contributed by atoms with Crippen LogP contribution in [-0.4, -0.2) is 74.7 Å². The molecule has 0 bridgehead atoms. The summed E-state index contributed by atoms with van der Waals surface area (Å²) in [6.07, 6.45) is -0.313. The SMILES string of the molecule is COC(=O)C1CN(CC(=O)N(C)CCC#N)CCO1. The lowest BCUT2D eigenvalue weighted by atomic mass is 10.2. The molecular weight excluding hydrogens is 250 g/mol. The number of esters is 1. The Labute approximate surface area is 112 Å². The van der Waals surface area contributed by atoms with Gasteiger partial charge in [-0.1, -0.05) is 0 Å². The molecule has 1 aliphatic heterocycles. The monoisotopic (exact) mass is 269 g/mol. The first kappa shape index (κ1) is 15.4. The minimum atomic E-state index is -0.629. The van der Waals surface area contributed by atoms with Crippen molar-refractivity contribution in [3.05, 3.63) is 0 Å². The number of carbonyl (C=O) groups excluding carboxylic acids is 2. The first-order valence-electron chi connectivity index (χ1n) is 6.11. The van der Waals surface area contributed by atoms with Crippen LogP contribution in [-0.2, 0) is 19.1 Å². The molecule has 1 atom stereocenters. The third-order valence-electron chi connectivity index (χ3n) is 2.96. The molecular formula is C12H19N3O4. The summed E-state index contributed by atoms with van der Waals surface area (Å²) in [5, 5.41) is 8.47. The van der Waals surface area contributed by atoms with Gasteiger partial charge in [-0.25, -0.2) is 4.79 Å². The molecule has 0 aliphatic carbocycles. The van der Waals surface area contributed by atoms with Gasteiger partial charge in [0, 0.05) is 26.7 Å². The van der Waals surface area contributed by atoms with Crippen molar-refractivity contribution < 1.29 is 19.1 Å². The summed E-state index contributed by atoms with van der Waals surface area (Å²) in [6, 6.07) is 2.00. The van der Waals surface area contributed by atoms with Crippen LogP contribution < -0.4 is 0 Å². The first-order valence-corrected chi connectivity index (χ1v) is 6.11. The number of hydrogen-bond acceptors (Lipinski definition) is 6. The van der Waals surface area contributed by atoms with Gasteiger partial charge in [0.2, 0.25) is 5.91 Å². The lowest BCUT2D eigenvalue weighted by Crippen LogP contribution is -2.49. The first-order chi connectivity index (χ1) is 9.08. The molecule has 1 rings (SSSR count). The minimum Gasteiger partial charge on any atom is -0.467 e. The number of nitrogens with zero attached hydrogens (tertiary/aromatic N) is 3. The molecule has 1 fully saturated rings. The Morgan fingerprint density at radius 3 is 2.95 bits per heavy atom. The van der Waals surface area contributed by atoms with Crippen LogP contribution in [0.25, 0.3) is 0 Å². The van der Waals surface area contributed by atoms with E-state index in [9.17, 15) is 9.59 Å². The fourth-order valence-electron chi connectivity index (χ4n) is 1.77. The molecule has 0 aromatic heterocycles. The van der Waals surface area contributed by atoms with Crippen molar-refractivity contribution in [2.75, 3.05) is 46.9 Å². The van der Waals surface area contributed by atoms with Crippen molar-refractivity contribution in [2.45, 2.75) is 12.5 Å². The van der Waals surface area contributed by atoms with E-state index in [1.807, 2.05) is 11.0 Å². The molecule has 0 spiro atoms. The Hall–Kier alpha value is -1.65. The Morgan fingerprint density at radius 1 is 1.58 bits per heavy atom. The molecule has 0 aromatic carbocycles. The second kappa shape index (κ2) is 7.71. The van der Waals surface area contributed by atoms with Gasteiger partial charge in [-0.05, 0) is 0 Å². The van der Waals surface area contributed by atoms with Crippen LogP contribution >= 0.6 is 0 Å². The quantitative estimate of drug-likeness (QED) is 0.610. The highest BCUT2D eigenvalue weighted by Gasteiger charge is 2.28. The van der Waals surface area contributed by atoms with Crippen LogP contribution in [0.4, 0.5) is 0 Å². The number of hydrogen-bond donors (Lipinski definition) is 0. The molecule has 0 saturated carbocycles. The molecule has 0 radical (unpaired) electrons. The summed E-state index contributed by atoms with van der Waals surface area (Å²) in [5.41, 5.74) is 0. The smallest absolute Gasteiger partial charge is 0.336 e. The molecule has 1 aliphatic rings. The van der Waals surface area contributed by atoms with Crippen molar-refractivity contribution in [3.8, 4) is 6.07 Å². The van der Waals surface area contributed by atoms with Gasteiger partial charge in [0.25, 0.3) is 0 Å². The number of ether oxygens (including phenoxy) is 2. The van der Waals surface area contributed by atoms with E-state index >= 15 is 0 Å². The van der Waals surface area contributed by atoms with Crippen molar-refractivity contribution in [1.82, 2.24) is 9.80 Å². The van der Waals surface area contributed by atoms with Crippen LogP contribution in [0.15, 0.2) is 0 Å². The maximum absolute atomic E-state index is 11.9. The molecule has 106 valence electrons. The third-order valence-corrected chi connectivity index (χ3v) is 2.96. The van der Waals surface area contributed by atoms with Gasteiger partial charge >= 0.3 is 5.97 Å². The third kappa shape index (κ3) is 4.85. The van der Waals surface area contributed by atoms with E-state index in [-0.39, 0.29) is 12.5 Å². The zero-order valence-electron chi connectivity index (χ0n) is 11.3. The van der Waals surface area contributed by atoms with E-state index in [0.29, 0.717) is 32.7 Å². The fourth-order valence-corrected chi connectivity index (χ4v) is 1.77. The topological polar surface area (TPSA) is 82.9 Å². The zero-order chi connectivity index (χ0) is 14.3. The van der Waals surface area contributed by atoms with Gasteiger partial charge in [0.05, 0.1) is 32.8 Å². The molecule has 0 N–H and O–H groups in total. The highest BCUT2D eigenvalue weighted by atomic mass is 16.6. The van der Waals surface area contributed by atoms with Gasteiger partial charge in [0.15, 0.2) is 6.10 Å². The van der Waals surface area contributed by atoms with Crippen LogP contribution in [0.3, 0.4) is 0 Å². The van der Waals surface area contributed by atoms with Crippen molar-refractivity contribution in [3.63, 3.8) is 0 Å². The molecule has 1 amide bonds. The summed E-state index contributed by atoms with van der Waals surface area (Å²) < 4.78 is 9.91. The lowest BCUT2D eigenvalue weighted by Gasteiger charge is -2.31. The van der Waals surface area contributed by atoms with Gasteiger partial charge in [-0.15, -0.1) is 0 Å². The fraction of sp³-hybridized carbons (Fsp3) is 0.750. The van der Waals surface area contributed by atoms with E-state index in [1.165, 1.54) is 12.0 Å². The second-order valence-electron chi connectivity index (χ2n) is 4.34. The van der Waals surface area contributed by atoms with Crippen molar-refractivity contribution >= 4 is 11.9 Å². The average Bonchev–Trinajstić information content (AvgIpc) is 2.44. The molecule has 1 heterocycles. The molecule has 0 aromatic rings.